The van der Waals surface area contributed by atoms with E-state index < -0.39 is 0 Å². The van der Waals surface area contributed by atoms with Gasteiger partial charge in [0, 0.05) is 11.1 Å². The van der Waals surface area contributed by atoms with E-state index in [-0.39, 0.29) is 0 Å². The fourth-order valence-electron chi connectivity index (χ4n) is 3.01. The highest BCUT2D eigenvalue weighted by Gasteiger charge is 2.20. The van der Waals surface area contributed by atoms with Gasteiger partial charge in [-0.1, -0.05) is 24.1 Å². The maximum absolute atomic E-state index is 6.37. The van der Waals surface area contributed by atoms with Crippen LogP contribution in [0.1, 0.15) is 48.4 Å². The number of aryl methyl sites for hydroxylation is 1. The summed E-state index contributed by atoms with van der Waals surface area (Å²) in [6.07, 6.45) is 7.58. The zero-order valence-corrected chi connectivity index (χ0v) is 10.3. The predicted molar refractivity (Wildman–Crippen MR) is 68.1 cm³/mol. The molecule has 1 nitrogen and oxygen atoms in total. The topological polar surface area (TPSA) is 12.0 Å². The van der Waals surface area contributed by atoms with E-state index in [0.29, 0.717) is 6.04 Å². The van der Waals surface area contributed by atoms with Crippen molar-refractivity contribution in [3.05, 3.63) is 33.8 Å². The second-order valence-electron chi connectivity index (χ2n) is 5.00. The highest BCUT2D eigenvalue weighted by molar-refractivity contribution is 6.31. The van der Waals surface area contributed by atoms with Crippen LogP contribution in [0.2, 0.25) is 5.02 Å². The van der Waals surface area contributed by atoms with Crippen LogP contribution in [0.4, 0.5) is 0 Å². The third-order valence-electron chi connectivity index (χ3n) is 3.90. The average molecular weight is 236 g/mol. The van der Waals surface area contributed by atoms with Crippen LogP contribution in [0, 0.1) is 0 Å². The maximum Gasteiger partial charge on any atom is 0.0444 e. The Morgan fingerprint density at radius 3 is 2.88 bits per heavy atom. The van der Waals surface area contributed by atoms with Crippen molar-refractivity contribution in [3.8, 4) is 0 Å². The summed E-state index contributed by atoms with van der Waals surface area (Å²) < 4.78 is 0. The van der Waals surface area contributed by atoms with Crippen molar-refractivity contribution in [2.45, 2.75) is 44.6 Å². The number of piperidine rings is 1. The van der Waals surface area contributed by atoms with Gasteiger partial charge in [-0.15, -0.1) is 0 Å². The van der Waals surface area contributed by atoms with Gasteiger partial charge < -0.3 is 5.32 Å². The van der Waals surface area contributed by atoms with E-state index in [4.69, 9.17) is 11.6 Å². The summed E-state index contributed by atoms with van der Waals surface area (Å²) in [6, 6.07) is 5.11. The van der Waals surface area contributed by atoms with E-state index in [1.165, 1.54) is 55.2 Å². The van der Waals surface area contributed by atoms with Crippen LogP contribution in [0.5, 0.6) is 0 Å². The minimum Gasteiger partial charge on any atom is -0.310 e. The summed E-state index contributed by atoms with van der Waals surface area (Å²) >= 11 is 6.37. The Hall–Kier alpha value is -0.530. The molecule has 1 atom stereocenters. The maximum atomic E-state index is 6.37. The van der Waals surface area contributed by atoms with Gasteiger partial charge in [0.25, 0.3) is 0 Å². The Kier molecular flexibility index (Phi) is 2.91. The van der Waals surface area contributed by atoms with Crippen LogP contribution in [-0.2, 0) is 12.8 Å². The Bertz CT molecular complexity index is 394. The predicted octanol–water partition coefficient (Wildman–Crippen LogP) is 3.64. The molecule has 1 aliphatic carbocycles. The molecule has 0 amide bonds. The van der Waals surface area contributed by atoms with E-state index in [0.717, 1.165) is 11.6 Å². The van der Waals surface area contributed by atoms with Gasteiger partial charge in [0.05, 0.1) is 0 Å². The summed E-state index contributed by atoms with van der Waals surface area (Å²) in [4.78, 5) is 0. The summed E-state index contributed by atoms with van der Waals surface area (Å²) in [5, 5.41) is 4.59. The zero-order valence-electron chi connectivity index (χ0n) is 9.56. The standard InChI is InChI=1S/C14H18ClN/c15-13-9-11(14-6-1-2-7-16-14)8-10-4-3-5-12(10)13/h8-9,14,16H,1-7H2. The minimum absolute atomic E-state index is 0.539. The number of fused-ring (bicyclic) bond motifs is 1. The molecule has 0 spiro atoms. The Morgan fingerprint density at radius 1 is 1.12 bits per heavy atom. The fourth-order valence-corrected chi connectivity index (χ4v) is 3.35. The third kappa shape index (κ3) is 1.87. The number of hydrogen-bond donors (Lipinski definition) is 1. The van der Waals surface area contributed by atoms with E-state index in [1.54, 1.807) is 0 Å². The van der Waals surface area contributed by atoms with E-state index in [2.05, 4.69) is 17.4 Å². The molecule has 2 aliphatic rings. The molecule has 1 aromatic rings. The number of halogens is 1. The van der Waals surface area contributed by atoms with Crippen LogP contribution >= 0.6 is 11.6 Å². The van der Waals surface area contributed by atoms with Gasteiger partial charge >= 0.3 is 0 Å². The van der Waals surface area contributed by atoms with Crippen LogP contribution in [0.25, 0.3) is 0 Å². The molecule has 0 aromatic heterocycles. The van der Waals surface area contributed by atoms with Crippen LogP contribution in [0.3, 0.4) is 0 Å². The Labute approximate surface area is 102 Å². The van der Waals surface area contributed by atoms with E-state index in [9.17, 15) is 0 Å². The minimum atomic E-state index is 0.539. The molecule has 3 rings (SSSR count). The van der Waals surface area contributed by atoms with Crippen LogP contribution < -0.4 is 5.32 Å². The van der Waals surface area contributed by atoms with Crippen molar-refractivity contribution in [1.29, 1.82) is 0 Å². The van der Waals surface area contributed by atoms with E-state index >= 15 is 0 Å². The largest absolute Gasteiger partial charge is 0.310 e. The zero-order chi connectivity index (χ0) is 11.0. The first-order chi connectivity index (χ1) is 7.84. The number of nitrogens with one attached hydrogen (secondary N) is 1. The molecule has 1 heterocycles. The molecular formula is C14H18ClN. The quantitative estimate of drug-likeness (QED) is 0.784. The second-order valence-corrected chi connectivity index (χ2v) is 5.40. The Morgan fingerprint density at radius 2 is 2.06 bits per heavy atom. The van der Waals surface area contributed by atoms with Gasteiger partial charge in [-0.2, -0.15) is 0 Å². The van der Waals surface area contributed by atoms with Crippen molar-refractivity contribution >= 4 is 11.6 Å². The highest BCUT2D eigenvalue weighted by Crippen LogP contribution is 2.33. The van der Waals surface area contributed by atoms with Gasteiger partial charge in [0.15, 0.2) is 0 Å². The summed E-state index contributed by atoms with van der Waals surface area (Å²) in [5.74, 6) is 0. The van der Waals surface area contributed by atoms with Crippen molar-refractivity contribution in [2.75, 3.05) is 6.54 Å². The first kappa shape index (κ1) is 10.6. The molecule has 0 saturated carbocycles. The second kappa shape index (κ2) is 4.38. The SMILES string of the molecule is Clc1cc(C2CCCCN2)cc2c1CCC2. The van der Waals surface area contributed by atoms with E-state index in [1.807, 2.05) is 0 Å². The summed E-state index contributed by atoms with van der Waals surface area (Å²) in [5.41, 5.74) is 4.31. The lowest BCUT2D eigenvalue weighted by Gasteiger charge is -2.24. The van der Waals surface area contributed by atoms with Gasteiger partial charge in [0.2, 0.25) is 0 Å². The molecule has 1 N–H and O–H groups in total. The smallest absolute Gasteiger partial charge is 0.0444 e. The first-order valence-corrected chi connectivity index (χ1v) is 6.77. The third-order valence-corrected chi connectivity index (χ3v) is 4.23. The molecule has 0 radical (unpaired) electrons. The highest BCUT2D eigenvalue weighted by atomic mass is 35.5. The molecule has 2 heteroatoms. The summed E-state index contributed by atoms with van der Waals surface area (Å²) in [7, 11) is 0. The molecule has 1 aliphatic heterocycles. The molecule has 16 heavy (non-hydrogen) atoms. The number of benzene rings is 1. The fraction of sp³-hybridized carbons (Fsp3) is 0.571. The lowest BCUT2D eigenvalue weighted by Crippen LogP contribution is -2.26. The molecule has 1 unspecified atom stereocenters. The van der Waals surface area contributed by atoms with Crippen molar-refractivity contribution in [2.24, 2.45) is 0 Å². The lowest BCUT2D eigenvalue weighted by atomic mass is 9.95. The molecule has 0 bridgehead atoms. The van der Waals surface area contributed by atoms with Gasteiger partial charge in [-0.05, 0) is 61.4 Å². The van der Waals surface area contributed by atoms with Gasteiger partial charge in [-0.3, -0.25) is 0 Å². The monoisotopic (exact) mass is 235 g/mol. The molecule has 1 aromatic carbocycles. The number of rotatable bonds is 1. The van der Waals surface area contributed by atoms with Crippen LogP contribution in [0.15, 0.2) is 12.1 Å². The summed E-state index contributed by atoms with van der Waals surface area (Å²) in [6.45, 7) is 1.15. The first-order valence-electron chi connectivity index (χ1n) is 6.39. The van der Waals surface area contributed by atoms with Gasteiger partial charge in [-0.25, -0.2) is 0 Å². The lowest BCUT2D eigenvalue weighted by molar-refractivity contribution is 0.412. The van der Waals surface area contributed by atoms with Crippen LogP contribution in [-0.4, -0.2) is 6.54 Å². The number of hydrogen-bond acceptors (Lipinski definition) is 1. The normalized spacial score (nSPS) is 24.4. The average Bonchev–Trinajstić information content (AvgIpc) is 2.79. The molecule has 1 saturated heterocycles. The Balaban J connectivity index is 1.92. The van der Waals surface area contributed by atoms with Crippen molar-refractivity contribution in [1.82, 2.24) is 5.32 Å². The van der Waals surface area contributed by atoms with Crippen molar-refractivity contribution < 1.29 is 0 Å². The van der Waals surface area contributed by atoms with Crippen molar-refractivity contribution in [3.63, 3.8) is 0 Å². The molecule has 1 fully saturated rings. The molecular weight excluding hydrogens is 218 g/mol. The molecule has 86 valence electrons. The van der Waals surface area contributed by atoms with Gasteiger partial charge in [0.1, 0.15) is 0 Å².